The van der Waals surface area contributed by atoms with Gasteiger partial charge in [0.25, 0.3) is 0 Å². The molecule has 0 spiro atoms. The maximum Gasteiger partial charge on any atom is 2.00 e. The predicted molar refractivity (Wildman–Crippen MR) is 35.3 cm³/mol. The maximum atomic E-state index is 3.80. The fourth-order valence-electron chi connectivity index (χ4n) is 1.02. The molecule has 1 N–H and O–H groups in total. The van der Waals surface area contributed by atoms with Gasteiger partial charge in [-0.1, -0.05) is 6.42 Å². The average Bonchev–Trinajstić information content (AvgIpc) is 1.65. The number of rotatable bonds is 2. The summed E-state index contributed by atoms with van der Waals surface area (Å²) in [5.41, 5.74) is 0. The van der Waals surface area contributed by atoms with Crippen LogP contribution in [-0.2, 0) is 0 Å². The van der Waals surface area contributed by atoms with Crippen molar-refractivity contribution >= 4 is 0 Å². The Balaban J connectivity index is 0.000000640. The second kappa shape index (κ2) is 4.77. The van der Waals surface area contributed by atoms with Gasteiger partial charge in [-0.2, -0.15) is 13.3 Å². The molecule has 1 saturated heterocycles. The molecule has 1 heterocycles. The van der Waals surface area contributed by atoms with Crippen LogP contribution in [0.1, 0.15) is 19.8 Å². The molecule has 0 radical (unpaired) electrons. The van der Waals surface area contributed by atoms with E-state index in [1.54, 1.807) is 0 Å². The van der Waals surface area contributed by atoms with Crippen molar-refractivity contribution in [3.8, 4) is 0 Å². The Labute approximate surface area is 81.4 Å². The van der Waals surface area contributed by atoms with E-state index in [4.69, 9.17) is 0 Å². The molecule has 2 heteroatoms. The van der Waals surface area contributed by atoms with Crippen LogP contribution in [0.3, 0.4) is 0 Å². The van der Waals surface area contributed by atoms with Crippen LogP contribution in [0, 0.1) is 44.5 Å². The maximum absolute atomic E-state index is 3.80. The van der Waals surface area contributed by atoms with Gasteiger partial charge in [-0.3, -0.25) is 0 Å². The Hall–Kier alpha value is 1.01. The van der Waals surface area contributed by atoms with Crippen LogP contribution in [0.2, 0.25) is 0 Å². The summed E-state index contributed by atoms with van der Waals surface area (Å²) in [6, 6.07) is 1.39. The fourth-order valence-corrected chi connectivity index (χ4v) is 1.02. The van der Waals surface area contributed by atoms with Crippen molar-refractivity contribution in [3.63, 3.8) is 0 Å². The van der Waals surface area contributed by atoms with Crippen LogP contribution in [-0.4, -0.2) is 12.1 Å². The Kier molecular flexibility index (Phi) is 5.31. The third kappa shape index (κ3) is 2.62. The van der Waals surface area contributed by atoms with Crippen LogP contribution in [0.5, 0.6) is 0 Å². The fraction of sp³-hybridized carbons (Fsp3) is 0.714. The van der Waals surface area contributed by atoms with Crippen LogP contribution in [0.15, 0.2) is 0 Å². The standard InChI is InChI=1S/C7H13N.U/c1-3-6-5-7(4-2)8-6;/h4,6-8H,1,3,5H2,2H3;/q-2;+2. The molecule has 0 amide bonds. The van der Waals surface area contributed by atoms with Crippen LogP contribution >= 0.6 is 0 Å². The van der Waals surface area contributed by atoms with Gasteiger partial charge >= 0.3 is 31.1 Å². The van der Waals surface area contributed by atoms with Crippen molar-refractivity contribution in [1.29, 1.82) is 0 Å². The van der Waals surface area contributed by atoms with E-state index in [-0.39, 0.29) is 31.1 Å². The normalized spacial score (nSPS) is 32.7. The largest absolute Gasteiger partial charge is 2.00 e. The van der Waals surface area contributed by atoms with E-state index >= 15 is 0 Å². The number of hydrogen-bond donors (Lipinski definition) is 1. The van der Waals surface area contributed by atoms with Crippen LogP contribution < -0.4 is 5.32 Å². The van der Waals surface area contributed by atoms with E-state index < -0.39 is 0 Å². The predicted octanol–water partition coefficient (Wildman–Crippen LogP) is 1.17. The van der Waals surface area contributed by atoms with Gasteiger partial charge in [-0.05, 0) is 6.04 Å². The summed E-state index contributed by atoms with van der Waals surface area (Å²) < 4.78 is 0. The molecular formula is C7H13NU. The molecule has 0 saturated carbocycles. The first-order chi connectivity index (χ1) is 3.86. The topological polar surface area (TPSA) is 12.0 Å². The minimum atomic E-state index is 0. The van der Waals surface area contributed by atoms with Crippen molar-refractivity contribution in [3.05, 3.63) is 13.3 Å². The number of hydrogen-bond acceptors (Lipinski definition) is 1. The Bertz CT molecular complexity index is 61.3. The summed E-state index contributed by atoms with van der Waals surface area (Å²) in [7, 11) is 0. The molecule has 2 unspecified atom stereocenters. The monoisotopic (exact) mass is 349 g/mol. The van der Waals surface area contributed by atoms with Gasteiger partial charge < -0.3 is 18.7 Å². The van der Waals surface area contributed by atoms with Crippen molar-refractivity contribution in [2.75, 3.05) is 0 Å². The van der Waals surface area contributed by atoms with Gasteiger partial charge in [0.05, 0.1) is 0 Å². The van der Waals surface area contributed by atoms with Gasteiger partial charge in [-0.15, -0.1) is 6.04 Å². The first kappa shape index (κ1) is 10.0. The zero-order valence-corrected chi connectivity index (χ0v) is 10.0. The molecule has 0 aliphatic carbocycles. The zero-order valence-electron chi connectivity index (χ0n) is 5.85. The summed E-state index contributed by atoms with van der Waals surface area (Å²) in [5, 5.41) is 3.36. The van der Waals surface area contributed by atoms with Crippen molar-refractivity contribution < 1.29 is 31.1 Å². The summed E-state index contributed by atoms with van der Waals surface area (Å²) in [6.07, 6.45) is 4.52. The molecule has 1 aliphatic heterocycles. The minimum absolute atomic E-state index is 0. The van der Waals surface area contributed by atoms with Crippen molar-refractivity contribution in [2.24, 2.45) is 0 Å². The zero-order chi connectivity index (χ0) is 5.98. The molecule has 0 aromatic rings. The first-order valence-corrected chi connectivity index (χ1v) is 3.21. The molecular weight excluding hydrogens is 336 g/mol. The van der Waals surface area contributed by atoms with Gasteiger partial charge in [0.2, 0.25) is 0 Å². The van der Waals surface area contributed by atoms with Gasteiger partial charge in [0.15, 0.2) is 0 Å². The minimum Gasteiger partial charge on any atom is -0.343 e. The molecule has 9 heavy (non-hydrogen) atoms. The Morgan fingerprint density at radius 3 is 2.67 bits per heavy atom. The molecule has 1 aliphatic rings. The van der Waals surface area contributed by atoms with E-state index in [1.165, 1.54) is 6.42 Å². The average molecular weight is 349 g/mol. The quantitative estimate of drug-likeness (QED) is 0.738. The van der Waals surface area contributed by atoms with E-state index in [0.717, 1.165) is 6.42 Å². The van der Waals surface area contributed by atoms with Crippen molar-refractivity contribution in [1.82, 2.24) is 5.32 Å². The van der Waals surface area contributed by atoms with Crippen molar-refractivity contribution in [2.45, 2.75) is 31.8 Å². The Morgan fingerprint density at radius 2 is 2.33 bits per heavy atom. The van der Waals surface area contributed by atoms with Gasteiger partial charge in [0, 0.05) is 0 Å². The molecule has 1 rings (SSSR count). The third-order valence-corrected chi connectivity index (χ3v) is 1.74. The molecule has 2 atom stereocenters. The summed E-state index contributed by atoms with van der Waals surface area (Å²) in [6.45, 7) is 5.89. The second-order valence-electron chi connectivity index (χ2n) is 2.33. The number of nitrogens with one attached hydrogen (secondary N) is 1. The molecule has 50 valence electrons. The van der Waals surface area contributed by atoms with Crippen LogP contribution in [0.25, 0.3) is 0 Å². The summed E-state index contributed by atoms with van der Waals surface area (Å²) in [5.74, 6) is 0. The van der Waals surface area contributed by atoms with E-state index in [0.29, 0.717) is 12.1 Å². The third-order valence-electron chi connectivity index (χ3n) is 1.74. The molecule has 0 bridgehead atoms. The van der Waals surface area contributed by atoms with Gasteiger partial charge in [-0.25, -0.2) is 0 Å². The first-order valence-electron chi connectivity index (χ1n) is 3.21. The Morgan fingerprint density at radius 1 is 1.78 bits per heavy atom. The summed E-state index contributed by atoms with van der Waals surface area (Å²) in [4.78, 5) is 0. The van der Waals surface area contributed by atoms with E-state index in [9.17, 15) is 0 Å². The van der Waals surface area contributed by atoms with Gasteiger partial charge in [0.1, 0.15) is 0 Å². The van der Waals surface area contributed by atoms with E-state index in [1.807, 2.05) is 0 Å². The SMILES string of the molecule is [CH2-]CC1CC([CH-]C)N1.[U+2]. The molecule has 0 aromatic carbocycles. The molecule has 1 fully saturated rings. The molecule has 0 aromatic heterocycles. The second-order valence-corrected chi connectivity index (χ2v) is 2.33. The molecule has 1 nitrogen and oxygen atoms in total. The van der Waals surface area contributed by atoms with E-state index in [2.05, 4.69) is 25.6 Å². The van der Waals surface area contributed by atoms with Crippen LogP contribution in [0.4, 0.5) is 0 Å². The smallest absolute Gasteiger partial charge is 0.343 e. The summed E-state index contributed by atoms with van der Waals surface area (Å²) >= 11 is 0.